The molecule has 0 radical (unpaired) electrons. The fourth-order valence-corrected chi connectivity index (χ4v) is 4.19. The zero-order valence-electron chi connectivity index (χ0n) is 17.1. The van der Waals surface area contributed by atoms with Crippen LogP contribution in [0.3, 0.4) is 0 Å². The summed E-state index contributed by atoms with van der Waals surface area (Å²) in [6.45, 7) is 3.80. The van der Waals surface area contributed by atoms with E-state index in [9.17, 15) is 9.59 Å². The molecule has 1 aliphatic heterocycles. The van der Waals surface area contributed by atoms with Crippen molar-refractivity contribution in [3.05, 3.63) is 65.2 Å². The predicted octanol–water partition coefficient (Wildman–Crippen LogP) is 3.39. The summed E-state index contributed by atoms with van der Waals surface area (Å²) in [6.07, 6.45) is 2.40. The molecule has 2 aliphatic rings. The van der Waals surface area contributed by atoms with Gasteiger partial charge in [-0.2, -0.15) is 0 Å². The van der Waals surface area contributed by atoms with E-state index >= 15 is 0 Å². The molecular formula is C24H28N2O3. The molecule has 2 atom stereocenters. The average Bonchev–Trinajstić information content (AvgIpc) is 3.48. The van der Waals surface area contributed by atoms with E-state index in [-0.39, 0.29) is 23.7 Å². The van der Waals surface area contributed by atoms with E-state index in [0.717, 1.165) is 17.7 Å². The molecule has 2 aromatic carbocycles. The molecule has 5 heteroatoms. The monoisotopic (exact) mass is 392 g/mol. The van der Waals surface area contributed by atoms with Crippen LogP contribution < -0.4 is 10.1 Å². The first-order valence-electron chi connectivity index (χ1n) is 10.3. The minimum atomic E-state index is -0.232. The predicted molar refractivity (Wildman–Crippen MR) is 112 cm³/mol. The van der Waals surface area contributed by atoms with Gasteiger partial charge in [0.15, 0.2) is 0 Å². The van der Waals surface area contributed by atoms with Crippen LogP contribution in [0.2, 0.25) is 0 Å². The van der Waals surface area contributed by atoms with E-state index < -0.39 is 0 Å². The van der Waals surface area contributed by atoms with Crippen molar-refractivity contribution in [3.8, 4) is 5.75 Å². The topological polar surface area (TPSA) is 58.6 Å². The van der Waals surface area contributed by atoms with Crippen LogP contribution in [0.25, 0.3) is 0 Å². The summed E-state index contributed by atoms with van der Waals surface area (Å²) in [5.74, 6) is 1.07. The van der Waals surface area contributed by atoms with Gasteiger partial charge in [0.1, 0.15) is 5.75 Å². The lowest BCUT2D eigenvalue weighted by Crippen LogP contribution is -2.36. The molecule has 1 saturated carbocycles. The number of nitrogens with one attached hydrogen (secondary N) is 1. The Balaban J connectivity index is 1.57. The first-order chi connectivity index (χ1) is 14.1. The number of likely N-dealkylation sites (tertiary alicyclic amines) is 1. The second-order valence-corrected chi connectivity index (χ2v) is 8.20. The Bertz CT molecular complexity index is 907. The molecule has 1 aliphatic carbocycles. The van der Waals surface area contributed by atoms with Crippen LogP contribution in [0, 0.1) is 18.8 Å². The molecule has 1 saturated heterocycles. The lowest BCUT2D eigenvalue weighted by atomic mass is 9.86. The fourth-order valence-electron chi connectivity index (χ4n) is 4.19. The number of nitrogens with zero attached hydrogens (tertiary/aromatic N) is 1. The van der Waals surface area contributed by atoms with Gasteiger partial charge in [0.25, 0.3) is 5.91 Å². The Morgan fingerprint density at radius 1 is 1.10 bits per heavy atom. The van der Waals surface area contributed by atoms with Gasteiger partial charge in [-0.15, -0.1) is 0 Å². The van der Waals surface area contributed by atoms with E-state index in [4.69, 9.17) is 4.74 Å². The molecule has 0 spiro atoms. The van der Waals surface area contributed by atoms with Gasteiger partial charge in [0.05, 0.1) is 13.0 Å². The third-order valence-electron chi connectivity index (χ3n) is 6.11. The van der Waals surface area contributed by atoms with Crippen LogP contribution in [-0.2, 0) is 4.79 Å². The van der Waals surface area contributed by atoms with Gasteiger partial charge in [-0.1, -0.05) is 30.3 Å². The standard InChI is InChI=1S/C24H28N2O3/c1-16-6-3-4-9-20(16)21-14-26(15-22(21)23(27)25-13-17-10-11-17)24(28)18-7-5-8-19(12-18)29-2/h3-9,12,17,21-22H,10-11,13-15H2,1-2H3,(H,25,27)/t21-,22-/m0/s1. The Kier molecular flexibility index (Phi) is 5.56. The van der Waals surface area contributed by atoms with Crippen molar-refractivity contribution in [1.82, 2.24) is 10.2 Å². The summed E-state index contributed by atoms with van der Waals surface area (Å²) < 4.78 is 5.26. The first kappa shape index (κ1) is 19.5. The Labute approximate surface area is 172 Å². The molecule has 1 N–H and O–H groups in total. The summed E-state index contributed by atoms with van der Waals surface area (Å²) in [6, 6.07) is 15.4. The number of rotatable bonds is 6. The highest BCUT2D eigenvalue weighted by Crippen LogP contribution is 2.36. The van der Waals surface area contributed by atoms with Gasteiger partial charge in [-0.3, -0.25) is 9.59 Å². The Morgan fingerprint density at radius 2 is 1.90 bits per heavy atom. The summed E-state index contributed by atoms with van der Waals surface area (Å²) in [5, 5.41) is 3.13. The second kappa shape index (κ2) is 8.27. The minimum absolute atomic E-state index is 0.00459. The number of aryl methyl sites for hydroxylation is 1. The molecule has 1 heterocycles. The molecule has 4 rings (SSSR count). The maximum Gasteiger partial charge on any atom is 0.254 e. The van der Waals surface area contributed by atoms with E-state index in [1.807, 2.05) is 29.2 Å². The van der Waals surface area contributed by atoms with Gasteiger partial charge in [0.2, 0.25) is 5.91 Å². The van der Waals surface area contributed by atoms with Crippen molar-refractivity contribution in [2.24, 2.45) is 11.8 Å². The van der Waals surface area contributed by atoms with Crippen molar-refractivity contribution < 1.29 is 14.3 Å². The fraction of sp³-hybridized carbons (Fsp3) is 0.417. The van der Waals surface area contributed by atoms with Crippen LogP contribution >= 0.6 is 0 Å². The number of carbonyl (C=O) groups is 2. The molecule has 2 aromatic rings. The number of benzene rings is 2. The Hall–Kier alpha value is -2.82. The summed E-state index contributed by atoms with van der Waals surface area (Å²) >= 11 is 0. The lowest BCUT2D eigenvalue weighted by Gasteiger charge is -2.20. The molecular weight excluding hydrogens is 364 g/mol. The summed E-state index contributed by atoms with van der Waals surface area (Å²) in [4.78, 5) is 28.0. The van der Waals surface area contributed by atoms with Crippen LogP contribution in [0.5, 0.6) is 5.75 Å². The maximum absolute atomic E-state index is 13.2. The number of hydrogen-bond donors (Lipinski definition) is 1. The van der Waals surface area contributed by atoms with E-state index in [2.05, 4.69) is 24.4 Å². The third-order valence-corrected chi connectivity index (χ3v) is 6.11. The SMILES string of the molecule is COc1cccc(C(=O)N2C[C@H](C(=O)NCC3CC3)[C@H](c3ccccc3C)C2)c1. The van der Waals surface area contributed by atoms with E-state index in [1.54, 1.807) is 19.2 Å². The molecule has 2 amide bonds. The van der Waals surface area contributed by atoms with Crippen LogP contribution in [0.4, 0.5) is 0 Å². The van der Waals surface area contributed by atoms with Crippen LogP contribution in [0.15, 0.2) is 48.5 Å². The number of methoxy groups -OCH3 is 1. The molecule has 5 nitrogen and oxygen atoms in total. The molecule has 0 aromatic heterocycles. The van der Waals surface area contributed by atoms with Crippen molar-refractivity contribution in [1.29, 1.82) is 0 Å². The normalized spacial score (nSPS) is 21.1. The van der Waals surface area contributed by atoms with Gasteiger partial charge in [-0.25, -0.2) is 0 Å². The van der Waals surface area contributed by atoms with Gasteiger partial charge in [0, 0.05) is 31.1 Å². The smallest absolute Gasteiger partial charge is 0.254 e. The Morgan fingerprint density at radius 3 is 2.62 bits per heavy atom. The summed E-state index contributed by atoms with van der Waals surface area (Å²) in [5.41, 5.74) is 2.90. The molecule has 0 unspecified atom stereocenters. The van der Waals surface area contributed by atoms with E-state index in [1.165, 1.54) is 12.8 Å². The number of carbonyl (C=O) groups excluding carboxylic acids is 2. The molecule has 2 fully saturated rings. The van der Waals surface area contributed by atoms with Gasteiger partial charge < -0.3 is 15.0 Å². The number of hydrogen-bond acceptors (Lipinski definition) is 3. The highest BCUT2D eigenvalue weighted by molar-refractivity contribution is 5.95. The highest BCUT2D eigenvalue weighted by Gasteiger charge is 2.41. The largest absolute Gasteiger partial charge is 0.497 e. The van der Waals surface area contributed by atoms with Gasteiger partial charge >= 0.3 is 0 Å². The molecule has 152 valence electrons. The lowest BCUT2D eigenvalue weighted by molar-refractivity contribution is -0.125. The zero-order chi connectivity index (χ0) is 20.4. The molecule has 0 bridgehead atoms. The maximum atomic E-state index is 13.2. The van der Waals surface area contributed by atoms with Crippen LogP contribution in [0.1, 0.15) is 40.2 Å². The average molecular weight is 392 g/mol. The number of ether oxygens (including phenoxy) is 1. The van der Waals surface area contributed by atoms with Crippen molar-refractivity contribution in [3.63, 3.8) is 0 Å². The van der Waals surface area contributed by atoms with Crippen LogP contribution in [-0.4, -0.2) is 43.5 Å². The third kappa shape index (κ3) is 4.29. The van der Waals surface area contributed by atoms with Crippen molar-refractivity contribution in [2.75, 3.05) is 26.7 Å². The quantitative estimate of drug-likeness (QED) is 0.820. The van der Waals surface area contributed by atoms with E-state index in [0.29, 0.717) is 30.3 Å². The highest BCUT2D eigenvalue weighted by atomic mass is 16.5. The molecule has 29 heavy (non-hydrogen) atoms. The minimum Gasteiger partial charge on any atom is -0.497 e. The zero-order valence-corrected chi connectivity index (χ0v) is 17.1. The van der Waals surface area contributed by atoms with Crippen molar-refractivity contribution >= 4 is 11.8 Å². The van der Waals surface area contributed by atoms with Gasteiger partial charge in [-0.05, 0) is 55.0 Å². The second-order valence-electron chi connectivity index (χ2n) is 8.20. The van der Waals surface area contributed by atoms with Crippen molar-refractivity contribution in [2.45, 2.75) is 25.7 Å². The number of amides is 2. The first-order valence-corrected chi connectivity index (χ1v) is 10.3. The summed E-state index contributed by atoms with van der Waals surface area (Å²) in [7, 11) is 1.59.